The number of carbonyl (C=O) groups is 2. The fourth-order valence-corrected chi connectivity index (χ4v) is 4.14. The van der Waals surface area contributed by atoms with E-state index in [1.54, 1.807) is 12.1 Å². The highest BCUT2D eigenvalue weighted by Gasteiger charge is 2.25. The summed E-state index contributed by atoms with van der Waals surface area (Å²) in [4.78, 5) is 25.8. The molecule has 1 amide bonds. The minimum Gasteiger partial charge on any atom is -0.465 e. The van der Waals surface area contributed by atoms with Crippen molar-refractivity contribution in [3.63, 3.8) is 0 Å². The molecule has 1 heterocycles. The number of anilines is 1. The predicted molar refractivity (Wildman–Crippen MR) is 110 cm³/mol. The average molecular weight is 400 g/mol. The molecule has 0 bridgehead atoms. The molecule has 0 aliphatic carbocycles. The normalized spacial score (nSPS) is 10.5. The molecule has 0 saturated carbocycles. The maximum absolute atomic E-state index is 12.5. The molecule has 0 spiro atoms. The summed E-state index contributed by atoms with van der Waals surface area (Å²) in [5.74, 6) is -0.686. The van der Waals surface area contributed by atoms with Gasteiger partial charge in [0.05, 0.1) is 13.5 Å². The largest absolute Gasteiger partial charge is 0.465 e. The van der Waals surface area contributed by atoms with E-state index in [9.17, 15) is 9.59 Å². The minimum atomic E-state index is -0.496. The van der Waals surface area contributed by atoms with Crippen molar-refractivity contribution in [2.75, 3.05) is 12.4 Å². The van der Waals surface area contributed by atoms with Gasteiger partial charge in [0.2, 0.25) is 5.91 Å². The fraction of sp³-hybridized carbons (Fsp3) is 0.143. The van der Waals surface area contributed by atoms with Crippen LogP contribution >= 0.6 is 22.9 Å². The maximum Gasteiger partial charge on any atom is 0.341 e. The van der Waals surface area contributed by atoms with E-state index in [4.69, 9.17) is 16.3 Å². The summed E-state index contributed by atoms with van der Waals surface area (Å²) in [6.45, 7) is 1.90. The van der Waals surface area contributed by atoms with Crippen LogP contribution in [0.1, 0.15) is 20.8 Å². The lowest BCUT2D eigenvalue weighted by atomic mass is 10.0. The molecule has 1 aromatic heterocycles. The van der Waals surface area contributed by atoms with Gasteiger partial charge in [-0.1, -0.05) is 54.1 Å². The van der Waals surface area contributed by atoms with Crippen LogP contribution in [0.15, 0.2) is 54.6 Å². The average Bonchev–Trinajstić information content (AvgIpc) is 2.97. The number of amides is 1. The molecule has 6 heteroatoms. The zero-order valence-corrected chi connectivity index (χ0v) is 16.5. The number of thiophene rings is 1. The predicted octanol–water partition coefficient (Wildman–Crippen LogP) is 5.34. The molecule has 0 atom stereocenters. The summed E-state index contributed by atoms with van der Waals surface area (Å²) < 4.78 is 4.97. The summed E-state index contributed by atoms with van der Waals surface area (Å²) >= 11 is 7.46. The van der Waals surface area contributed by atoms with Gasteiger partial charge in [-0.2, -0.15) is 0 Å². The Morgan fingerprint density at radius 1 is 1.11 bits per heavy atom. The van der Waals surface area contributed by atoms with Gasteiger partial charge in [0.25, 0.3) is 0 Å². The van der Waals surface area contributed by atoms with Gasteiger partial charge in [-0.3, -0.25) is 4.79 Å². The molecule has 0 unspecified atom stereocenters. The van der Waals surface area contributed by atoms with Crippen LogP contribution in [0.4, 0.5) is 5.00 Å². The number of ether oxygens (including phenoxy) is 1. The zero-order valence-electron chi connectivity index (χ0n) is 14.9. The number of methoxy groups -OCH3 is 1. The number of rotatable bonds is 5. The van der Waals surface area contributed by atoms with Crippen molar-refractivity contribution in [2.45, 2.75) is 13.3 Å². The Labute approximate surface area is 166 Å². The number of hydrogen-bond donors (Lipinski definition) is 1. The molecule has 0 aliphatic heterocycles. The van der Waals surface area contributed by atoms with Crippen LogP contribution in [-0.2, 0) is 16.0 Å². The van der Waals surface area contributed by atoms with E-state index in [2.05, 4.69) is 5.32 Å². The lowest BCUT2D eigenvalue weighted by Crippen LogP contribution is -2.16. The van der Waals surface area contributed by atoms with Gasteiger partial charge in [0.1, 0.15) is 10.6 Å². The van der Waals surface area contributed by atoms with E-state index in [0.717, 1.165) is 21.6 Å². The maximum atomic E-state index is 12.5. The van der Waals surface area contributed by atoms with Crippen LogP contribution in [0.5, 0.6) is 0 Å². The van der Waals surface area contributed by atoms with Crippen LogP contribution in [-0.4, -0.2) is 19.0 Å². The van der Waals surface area contributed by atoms with Crippen molar-refractivity contribution in [2.24, 2.45) is 0 Å². The molecule has 3 rings (SSSR count). The summed E-state index contributed by atoms with van der Waals surface area (Å²) in [6, 6.07) is 16.7. The molecule has 0 aliphatic rings. The van der Waals surface area contributed by atoms with Crippen molar-refractivity contribution < 1.29 is 14.3 Å². The molecule has 3 aromatic rings. The van der Waals surface area contributed by atoms with Gasteiger partial charge >= 0.3 is 5.97 Å². The standard InChI is InChI=1S/C21H18ClNO3S/c1-13-18(15-9-6-10-16(22)12-15)19(21(25)26-2)20(27-13)23-17(24)11-14-7-4-3-5-8-14/h3-10,12H,11H2,1-2H3,(H,23,24). The Morgan fingerprint density at radius 2 is 1.85 bits per heavy atom. The van der Waals surface area contributed by atoms with Crippen molar-refractivity contribution in [1.82, 2.24) is 0 Å². The van der Waals surface area contributed by atoms with Gasteiger partial charge in [-0.05, 0) is 30.2 Å². The Hall–Kier alpha value is -2.63. The topological polar surface area (TPSA) is 55.4 Å². The smallest absolute Gasteiger partial charge is 0.341 e. The molecule has 0 fully saturated rings. The number of nitrogens with one attached hydrogen (secondary N) is 1. The molecule has 0 saturated heterocycles. The zero-order chi connectivity index (χ0) is 19.4. The van der Waals surface area contributed by atoms with Crippen LogP contribution in [0, 0.1) is 6.92 Å². The first-order chi connectivity index (χ1) is 13.0. The Morgan fingerprint density at radius 3 is 2.52 bits per heavy atom. The third-order valence-corrected chi connectivity index (χ3v) is 5.30. The SMILES string of the molecule is COC(=O)c1c(NC(=O)Cc2ccccc2)sc(C)c1-c1cccc(Cl)c1. The van der Waals surface area contributed by atoms with E-state index in [1.165, 1.54) is 18.4 Å². The third-order valence-electron chi connectivity index (χ3n) is 4.05. The summed E-state index contributed by atoms with van der Waals surface area (Å²) in [7, 11) is 1.33. The molecule has 4 nitrogen and oxygen atoms in total. The monoisotopic (exact) mass is 399 g/mol. The van der Waals surface area contributed by atoms with Crippen molar-refractivity contribution in [3.05, 3.63) is 75.6 Å². The number of hydrogen-bond acceptors (Lipinski definition) is 4. The van der Waals surface area contributed by atoms with Gasteiger partial charge in [-0.15, -0.1) is 11.3 Å². The summed E-state index contributed by atoms with van der Waals surface area (Å²) in [5, 5.41) is 3.92. The summed E-state index contributed by atoms with van der Waals surface area (Å²) in [6.07, 6.45) is 0.227. The molecular formula is C21H18ClNO3S. The first-order valence-corrected chi connectivity index (χ1v) is 9.50. The Bertz CT molecular complexity index is 982. The van der Waals surface area contributed by atoms with Crippen LogP contribution in [0.2, 0.25) is 5.02 Å². The fourth-order valence-electron chi connectivity index (χ4n) is 2.87. The highest BCUT2D eigenvalue weighted by Crippen LogP contribution is 2.41. The number of esters is 1. The van der Waals surface area contributed by atoms with E-state index in [0.29, 0.717) is 15.6 Å². The molecule has 0 radical (unpaired) electrons. The second-order valence-electron chi connectivity index (χ2n) is 5.95. The second-order valence-corrected chi connectivity index (χ2v) is 7.61. The van der Waals surface area contributed by atoms with Gasteiger partial charge < -0.3 is 10.1 Å². The first kappa shape index (κ1) is 19.1. The Balaban J connectivity index is 1.97. The highest BCUT2D eigenvalue weighted by molar-refractivity contribution is 7.17. The summed E-state index contributed by atoms with van der Waals surface area (Å²) in [5.41, 5.74) is 2.78. The minimum absolute atomic E-state index is 0.190. The van der Waals surface area contributed by atoms with Crippen molar-refractivity contribution >= 4 is 39.8 Å². The van der Waals surface area contributed by atoms with Gasteiger partial charge in [0.15, 0.2) is 0 Å². The molecule has 2 aromatic carbocycles. The number of carbonyl (C=O) groups excluding carboxylic acids is 2. The molecular weight excluding hydrogens is 382 g/mol. The van der Waals surface area contributed by atoms with Crippen LogP contribution in [0.3, 0.4) is 0 Å². The lowest BCUT2D eigenvalue weighted by molar-refractivity contribution is -0.115. The third kappa shape index (κ3) is 4.38. The molecule has 138 valence electrons. The van der Waals surface area contributed by atoms with Crippen molar-refractivity contribution in [3.8, 4) is 11.1 Å². The van der Waals surface area contributed by atoms with Crippen LogP contribution in [0.25, 0.3) is 11.1 Å². The Kier molecular flexibility index (Phi) is 5.94. The first-order valence-electron chi connectivity index (χ1n) is 8.31. The molecule has 27 heavy (non-hydrogen) atoms. The second kappa shape index (κ2) is 8.37. The quantitative estimate of drug-likeness (QED) is 0.589. The van der Waals surface area contributed by atoms with E-state index in [-0.39, 0.29) is 12.3 Å². The number of halogens is 1. The highest BCUT2D eigenvalue weighted by atomic mass is 35.5. The van der Waals surface area contributed by atoms with Gasteiger partial charge in [0, 0.05) is 15.5 Å². The van der Waals surface area contributed by atoms with Crippen molar-refractivity contribution in [1.29, 1.82) is 0 Å². The van der Waals surface area contributed by atoms with E-state index >= 15 is 0 Å². The van der Waals surface area contributed by atoms with Crippen LogP contribution < -0.4 is 5.32 Å². The van der Waals surface area contributed by atoms with E-state index < -0.39 is 5.97 Å². The molecule has 1 N–H and O–H groups in total. The lowest BCUT2D eigenvalue weighted by Gasteiger charge is -2.08. The van der Waals surface area contributed by atoms with Gasteiger partial charge in [-0.25, -0.2) is 4.79 Å². The van der Waals surface area contributed by atoms with E-state index in [1.807, 2.05) is 49.4 Å². The number of benzene rings is 2. The number of aryl methyl sites for hydroxylation is 1.